The van der Waals surface area contributed by atoms with Crippen LogP contribution in [0.2, 0.25) is 0 Å². The van der Waals surface area contributed by atoms with Gasteiger partial charge in [-0.3, -0.25) is 9.79 Å². The number of para-hydroxylation sites is 2. The maximum absolute atomic E-state index is 12.2. The number of amides is 1. The Kier molecular flexibility index (Phi) is 7.25. The van der Waals surface area contributed by atoms with Gasteiger partial charge in [-0.05, 0) is 32.4 Å². The third-order valence-electron chi connectivity index (χ3n) is 4.26. The van der Waals surface area contributed by atoms with Gasteiger partial charge in [0.05, 0.1) is 10.7 Å². The van der Waals surface area contributed by atoms with Crippen LogP contribution in [0.25, 0.3) is 0 Å². The van der Waals surface area contributed by atoms with Crippen molar-refractivity contribution in [3.8, 4) is 5.75 Å². The number of aryl methyl sites for hydroxylation is 1. The molecule has 0 saturated carbocycles. The zero-order chi connectivity index (χ0) is 19.8. The highest BCUT2D eigenvalue weighted by Gasteiger charge is 2.24. The van der Waals surface area contributed by atoms with E-state index in [2.05, 4.69) is 27.5 Å². The number of hydrogen-bond acceptors (Lipinski definition) is 5. The molecule has 0 saturated heterocycles. The maximum Gasteiger partial charge on any atom is 0.265 e. The number of aromatic nitrogens is 1. The molecule has 0 aliphatic carbocycles. The van der Waals surface area contributed by atoms with E-state index < -0.39 is 0 Å². The van der Waals surface area contributed by atoms with E-state index in [1.807, 2.05) is 37.4 Å². The number of thiazole rings is 1. The first kappa shape index (κ1) is 20.1. The van der Waals surface area contributed by atoms with Crippen LogP contribution < -0.4 is 20.3 Å². The Morgan fingerprint density at radius 2 is 2.21 bits per heavy atom. The molecule has 28 heavy (non-hydrogen) atoms. The molecule has 0 spiro atoms. The van der Waals surface area contributed by atoms with Crippen molar-refractivity contribution in [2.75, 3.05) is 37.7 Å². The van der Waals surface area contributed by atoms with Crippen LogP contribution in [0.3, 0.4) is 0 Å². The summed E-state index contributed by atoms with van der Waals surface area (Å²) < 4.78 is 5.48. The van der Waals surface area contributed by atoms with Gasteiger partial charge in [-0.25, -0.2) is 4.98 Å². The molecule has 0 unspecified atom stereocenters. The summed E-state index contributed by atoms with van der Waals surface area (Å²) in [4.78, 5) is 24.2. The third kappa shape index (κ3) is 5.45. The average molecular weight is 402 g/mol. The molecular formula is C20H27N5O2S. The lowest BCUT2D eigenvalue weighted by Gasteiger charge is -2.29. The van der Waals surface area contributed by atoms with Crippen LogP contribution in [-0.4, -0.2) is 49.6 Å². The van der Waals surface area contributed by atoms with Crippen molar-refractivity contribution in [2.45, 2.75) is 26.7 Å². The van der Waals surface area contributed by atoms with E-state index in [-0.39, 0.29) is 12.5 Å². The average Bonchev–Trinajstić information content (AvgIpc) is 3.11. The van der Waals surface area contributed by atoms with Gasteiger partial charge >= 0.3 is 0 Å². The molecule has 1 aromatic heterocycles. The summed E-state index contributed by atoms with van der Waals surface area (Å²) in [6.07, 6.45) is 3.56. The largest absolute Gasteiger partial charge is 0.482 e. The predicted octanol–water partition coefficient (Wildman–Crippen LogP) is 2.36. The molecule has 1 amide bonds. The second-order valence-electron chi connectivity index (χ2n) is 6.46. The fraction of sp³-hybridized carbons (Fsp3) is 0.450. The normalized spacial score (nSPS) is 13.9. The van der Waals surface area contributed by atoms with Gasteiger partial charge in [0, 0.05) is 43.7 Å². The van der Waals surface area contributed by atoms with Gasteiger partial charge < -0.3 is 20.3 Å². The van der Waals surface area contributed by atoms with Crippen molar-refractivity contribution in [3.63, 3.8) is 0 Å². The summed E-state index contributed by atoms with van der Waals surface area (Å²) >= 11 is 1.73. The minimum atomic E-state index is -0.00791. The fourth-order valence-corrected chi connectivity index (χ4v) is 3.75. The van der Waals surface area contributed by atoms with E-state index in [4.69, 9.17) is 4.74 Å². The zero-order valence-corrected chi connectivity index (χ0v) is 17.2. The van der Waals surface area contributed by atoms with E-state index in [0.717, 1.165) is 48.3 Å². The number of benzene rings is 1. The molecule has 2 aromatic rings. The smallest absolute Gasteiger partial charge is 0.265 e. The van der Waals surface area contributed by atoms with Crippen LogP contribution in [0.5, 0.6) is 5.75 Å². The highest BCUT2D eigenvalue weighted by Crippen LogP contribution is 2.31. The molecule has 0 fully saturated rings. The lowest BCUT2D eigenvalue weighted by atomic mass is 10.2. The number of hydrogen-bond donors (Lipinski definition) is 2. The topological polar surface area (TPSA) is 78.9 Å². The minimum Gasteiger partial charge on any atom is -0.482 e. The Labute approximate surface area is 169 Å². The van der Waals surface area contributed by atoms with Gasteiger partial charge in [0.15, 0.2) is 12.6 Å². The van der Waals surface area contributed by atoms with E-state index in [0.29, 0.717) is 13.1 Å². The second-order valence-corrected chi connectivity index (χ2v) is 7.78. The molecular weight excluding hydrogens is 374 g/mol. The number of rotatable bonds is 8. The third-order valence-corrected chi connectivity index (χ3v) is 5.24. The van der Waals surface area contributed by atoms with Gasteiger partial charge in [-0.15, -0.1) is 11.3 Å². The van der Waals surface area contributed by atoms with Crippen molar-refractivity contribution in [3.05, 3.63) is 40.3 Å². The lowest BCUT2D eigenvalue weighted by molar-refractivity contribution is -0.121. The van der Waals surface area contributed by atoms with E-state index >= 15 is 0 Å². The van der Waals surface area contributed by atoms with Crippen LogP contribution >= 0.6 is 11.3 Å². The standard InChI is InChI=1S/C20H27N5O2S/c1-3-21-20(23-11-9-18-24-13-15(2)28-18)22-10-6-12-25-16-7-4-5-8-17(16)27-14-19(25)26/h4-5,7-8,13H,3,6,9-12,14H2,1-2H3,(H2,21,22,23). The van der Waals surface area contributed by atoms with Gasteiger partial charge in [-0.1, -0.05) is 12.1 Å². The van der Waals surface area contributed by atoms with E-state index in [9.17, 15) is 4.79 Å². The summed E-state index contributed by atoms with van der Waals surface area (Å²) in [5.74, 6) is 1.55. The van der Waals surface area contributed by atoms with Crippen molar-refractivity contribution in [2.24, 2.45) is 4.99 Å². The summed E-state index contributed by atoms with van der Waals surface area (Å²) in [6, 6.07) is 7.65. The number of fused-ring (bicyclic) bond motifs is 1. The molecule has 0 bridgehead atoms. The Morgan fingerprint density at radius 3 is 3.00 bits per heavy atom. The zero-order valence-electron chi connectivity index (χ0n) is 16.4. The highest BCUT2D eigenvalue weighted by atomic mass is 32.1. The number of carbonyl (C=O) groups is 1. The predicted molar refractivity (Wildman–Crippen MR) is 113 cm³/mol. The molecule has 2 heterocycles. The van der Waals surface area contributed by atoms with E-state index in [1.54, 1.807) is 16.2 Å². The van der Waals surface area contributed by atoms with Crippen LogP contribution in [0.1, 0.15) is 23.2 Å². The Balaban J connectivity index is 1.48. The first-order valence-corrected chi connectivity index (χ1v) is 10.4. The van der Waals surface area contributed by atoms with Crippen LogP contribution in [0.15, 0.2) is 35.5 Å². The molecule has 150 valence electrons. The first-order chi connectivity index (χ1) is 13.7. The maximum atomic E-state index is 12.2. The molecule has 8 heteroatoms. The van der Waals surface area contributed by atoms with Gasteiger partial charge in [0.2, 0.25) is 0 Å². The summed E-state index contributed by atoms with van der Waals surface area (Å²) in [5, 5.41) is 7.73. The van der Waals surface area contributed by atoms with Gasteiger partial charge in [0.1, 0.15) is 5.75 Å². The van der Waals surface area contributed by atoms with Crippen molar-refractivity contribution < 1.29 is 9.53 Å². The number of aliphatic imine (C=N–C) groups is 1. The minimum absolute atomic E-state index is 0.00791. The lowest BCUT2D eigenvalue weighted by Crippen LogP contribution is -2.40. The first-order valence-electron chi connectivity index (χ1n) is 9.63. The molecule has 1 aromatic carbocycles. The molecule has 1 aliphatic heterocycles. The quantitative estimate of drug-likeness (QED) is 0.403. The number of ether oxygens (including phenoxy) is 1. The molecule has 0 atom stereocenters. The Bertz CT molecular complexity index is 820. The van der Waals surface area contributed by atoms with Crippen LogP contribution in [0, 0.1) is 6.92 Å². The van der Waals surface area contributed by atoms with E-state index in [1.165, 1.54) is 4.88 Å². The number of nitrogens with zero attached hydrogens (tertiary/aromatic N) is 3. The number of guanidine groups is 1. The highest BCUT2D eigenvalue weighted by molar-refractivity contribution is 7.11. The Hall–Kier alpha value is -2.61. The summed E-state index contributed by atoms with van der Waals surface area (Å²) in [5.41, 5.74) is 0.839. The van der Waals surface area contributed by atoms with Crippen LogP contribution in [-0.2, 0) is 11.2 Å². The van der Waals surface area contributed by atoms with Gasteiger partial charge in [-0.2, -0.15) is 0 Å². The molecule has 0 radical (unpaired) electrons. The molecule has 3 rings (SSSR count). The fourth-order valence-electron chi connectivity index (χ4n) is 2.97. The SMILES string of the molecule is CCNC(=NCCCN1C(=O)COc2ccccc21)NCCc1ncc(C)s1. The summed E-state index contributed by atoms with van der Waals surface area (Å²) in [6.45, 7) is 7.06. The number of nitrogens with one attached hydrogen (secondary N) is 2. The molecule has 2 N–H and O–H groups in total. The van der Waals surface area contributed by atoms with Crippen LogP contribution in [0.4, 0.5) is 5.69 Å². The second kappa shape index (κ2) is 10.1. The monoisotopic (exact) mass is 401 g/mol. The molecule has 7 nitrogen and oxygen atoms in total. The van der Waals surface area contributed by atoms with Gasteiger partial charge in [0.25, 0.3) is 5.91 Å². The van der Waals surface area contributed by atoms with Crippen molar-refractivity contribution >= 4 is 28.9 Å². The Morgan fingerprint density at radius 1 is 1.36 bits per heavy atom. The van der Waals surface area contributed by atoms with Crippen molar-refractivity contribution in [1.82, 2.24) is 15.6 Å². The molecule has 1 aliphatic rings. The number of carbonyl (C=O) groups excluding carboxylic acids is 1. The summed E-state index contributed by atoms with van der Waals surface area (Å²) in [7, 11) is 0. The van der Waals surface area contributed by atoms with Crippen molar-refractivity contribution in [1.29, 1.82) is 0 Å². The number of anilines is 1.